The van der Waals surface area contributed by atoms with E-state index in [1.807, 2.05) is 13.0 Å². The van der Waals surface area contributed by atoms with Crippen LogP contribution in [0, 0.1) is 0 Å². The number of anilines is 1. The second-order valence-electron chi connectivity index (χ2n) is 5.75. The number of Topliss-reactive ketones (excluding diaryl/α,β-unsaturated/α-hetero) is 1. The van der Waals surface area contributed by atoms with E-state index in [2.05, 4.69) is 55.3 Å². The number of rotatable bonds is 6. The van der Waals surface area contributed by atoms with Gasteiger partial charge in [-0.05, 0) is 37.5 Å². The Kier molecular flexibility index (Phi) is 5.31. The van der Waals surface area contributed by atoms with E-state index in [9.17, 15) is 4.79 Å². The number of aromatic nitrogens is 1. The van der Waals surface area contributed by atoms with Crippen LogP contribution in [0.4, 0.5) is 5.69 Å². The van der Waals surface area contributed by atoms with Crippen LogP contribution < -0.4 is 5.32 Å². The molecule has 2 rings (SSSR count). The van der Waals surface area contributed by atoms with Gasteiger partial charge in [-0.1, -0.05) is 38.1 Å². The third kappa shape index (κ3) is 3.73. The van der Waals surface area contributed by atoms with Crippen molar-refractivity contribution in [2.24, 2.45) is 0 Å². The first-order valence-electron chi connectivity index (χ1n) is 7.94. The van der Waals surface area contributed by atoms with Gasteiger partial charge >= 0.3 is 0 Å². The maximum atomic E-state index is 12.1. The van der Waals surface area contributed by atoms with Crippen molar-refractivity contribution in [3.05, 3.63) is 47.8 Å². The van der Waals surface area contributed by atoms with Gasteiger partial charge in [0.15, 0.2) is 5.78 Å². The van der Waals surface area contributed by atoms with E-state index in [-0.39, 0.29) is 11.8 Å². The molecule has 116 valence electrons. The number of benzene rings is 1. The molecule has 0 saturated carbocycles. The van der Waals surface area contributed by atoms with Gasteiger partial charge in [0.05, 0.1) is 5.69 Å². The van der Waals surface area contributed by atoms with Crippen molar-refractivity contribution in [3.63, 3.8) is 0 Å². The molecule has 0 aliphatic rings. The molecule has 3 nitrogen and oxygen atoms in total. The minimum atomic E-state index is 0.0667. The number of carbonyl (C=O) groups excluding carboxylic acids is 1. The Hall–Kier alpha value is -2.16. The molecule has 0 unspecified atom stereocenters. The number of aryl methyl sites for hydroxylation is 1. The summed E-state index contributed by atoms with van der Waals surface area (Å²) in [5.41, 5.74) is 4.82. The number of carbonyl (C=O) groups is 1. The molecule has 3 heteroatoms. The summed E-state index contributed by atoms with van der Waals surface area (Å²) in [6.45, 7) is 8.13. The number of hydrogen-bond donors (Lipinski definition) is 1. The molecule has 1 aromatic carbocycles. The molecule has 22 heavy (non-hydrogen) atoms. The van der Waals surface area contributed by atoms with Crippen LogP contribution in [0.1, 0.15) is 50.2 Å². The van der Waals surface area contributed by atoms with Crippen molar-refractivity contribution in [1.82, 2.24) is 4.98 Å². The summed E-state index contributed by atoms with van der Waals surface area (Å²) in [6.07, 6.45) is 3.26. The molecule has 0 radical (unpaired) electrons. The zero-order chi connectivity index (χ0) is 16.1. The minimum Gasteiger partial charge on any atom is -0.381 e. The summed E-state index contributed by atoms with van der Waals surface area (Å²) < 4.78 is 0. The van der Waals surface area contributed by atoms with E-state index in [4.69, 9.17) is 0 Å². The lowest BCUT2D eigenvalue weighted by atomic mass is 10.0. The zero-order valence-corrected chi connectivity index (χ0v) is 13.8. The SMILES string of the molecule is CCC(=O)c1ncc(-c2cccc(CC)c2)cc1NC(C)C. The Morgan fingerprint density at radius 2 is 1.95 bits per heavy atom. The van der Waals surface area contributed by atoms with E-state index in [0.29, 0.717) is 12.1 Å². The Morgan fingerprint density at radius 3 is 2.59 bits per heavy atom. The van der Waals surface area contributed by atoms with Gasteiger partial charge < -0.3 is 5.32 Å². The largest absolute Gasteiger partial charge is 0.381 e. The first-order chi connectivity index (χ1) is 10.5. The van der Waals surface area contributed by atoms with Crippen LogP contribution in [-0.2, 0) is 6.42 Å². The second kappa shape index (κ2) is 7.21. The van der Waals surface area contributed by atoms with Crippen LogP contribution in [0.2, 0.25) is 0 Å². The number of nitrogens with one attached hydrogen (secondary N) is 1. The average molecular weight is 296 g/mol. The molecule has 0 atom stereocenters. The molecule has 0 amide bonds. The van der Waals surface area contributed by atoms with Gasteiger partial charge in [-0.15, -0.1) is 0 Å². The van der Waals surface area contributed by atoms with Crippen LogP contribution in [-0.4, -0.2) is 16.8 Å². The summed E-state index contributed by atoms with van der Waals surface area (Å²) in [5.74, 6) is 0.0667. The third-order valence-corrected chi connectivity index (χ3v) is 3.59. The molecule has 0 fully saturated rings. The quantitative estimate of drug-likeness (QED) is 0.784. The highest BCUT2D eigenvalue weighted by Crippen LogP contribution is 2.26. The van der Waals surface area contributed by atoms with Gasteiger partial charge in [0, 0.05) is 24.2 Å². The van der Waals surface area contributed by atoms with E-state index in [1.54, 1.807) is 6.20 Å². The van der Waals surface area contributed by atoms with Crippen molar-refractivity contribution in [2.45, 2.75) is 46.6 Å². The second-order valence-corrected chi connectivity index (χ2v) is 5.75. The topological polar surface area (TPSA) is 42.0 Å². The van der Waals surface area contributed by atoms with Crippen molar-refractivity contribution in [1.29, 1.82) is 0 Å². The van der Waals surface area contributed by atoms with E-state index >= 15 is 0 Å². The fraction of sp³-hybridized carbons (Fsp3) is 0.368. The lowest BCUT2D eigenvalue weighted by Gasteiger charge is -2.15. The average Bonchev–Trinajstić information content (AvgIpc) is 2.53. The molecular formula is C19H24N2O. The van der Waals surface area contributed by atoms with Crippen LogP contribution in [0.25, 0.3) is 11.1 Å². The Morgan fingerprint density at radius 1 is 1.18 bits per heavy atom. The third-order valence-electron chi connectivity index (χ3n) is 3.59. The number of ketones is 1. The molecule has 0 bridgehead atoms. The molecule has 0 saturated heterocycles. The molecule has 1 aromatic heterocycles. The molecule has 0 aliphatic carbocycles. The number of pyridine rings is 1. The summed E-state index contributed by atoms with van der Waals surface area (Å²) >= 11 is 0. The zero-order valence-electron chi connectivity index (χ0n) is 13.8. The number of nitrogens with zero attached hydrogens (tertiary/aromatic N) is 1. The lowest BCUT2D eigenvalue weighted by molar-refractivity contribution is 0.0984. The van der Waals surface area contributed by atoms with Gasteiger partial charge in [0.2, 0.25) is 0 Å². The van der Waals surface area contributed by atoms with Crippen molar-refractivity contribution >= 4 is 11.5 Å². The van der Waals surface area contributed by atoms with Gasteiger partial charge in [-0.25, -0.2) is 0 Å². The van der Waals surface area contributed by atoms with E-state index < -0.39 is 0 Å². The van der Waals surface area contributed by atoms with Gasteiger partial charge in [0.25, 0.3) is 0 Å². The summed E-state index contributed by atoms with van der Waals surface area (Å²) in [4.78, 5) is 16.5. The summed E-state index contributed by atoms with van der Waals surface area (Å²) in [7, 11) is 0. The molecule has 1 heterocycles. The lowest BCUT2D eigenvalue weighted by Crippen LogP contribution is -2.14. The monoisotopic (exact) mass is 296 g/mol. The highest BCUT2D eigenvalue weighted by atomic mass is 16.1. The maximum absolute atomic E-state index is 12.1. The molecular weight excluding hydrogens is 272 g/mol. The molecule has 1 N–H and O–H groups in total. The predicted molar refractivity (Wildman–Crippen MR) is 92.4 cm³/mol. The number of hydrogen-bond acceptors (Lipinski definition) is 3. The molecule has 2 aromatic rings. The van der Waals surface area contributed by atoms with Gasteiger partial charge in [-0.3, -0.25) is 9.78 Å². The molecule has 0 aliphatic heterocycles. The highest BCUT2D eigenvalue weighted by Gasteiger charge is 2.14. The predicted octanol–water partition coefficient (Wildman–Crippen LogP) is 4.72. The van der Waals surface area contributed by atoms with Crippen molar-refractivity contribution in [3.8, 4) is 11.1 Å². The fourth-order valence-corrected chi connectivity index (χ4v) is 2.40. The highest BCUT2D eigenvalue weighted by molar-refractivity contribution is 5.99. The minimum absolute atomic E-state index is 0.0667. The maximum Gasteiger partial charge on any atom is 0.183 e. The van der Waals surface area contributed by atoms with Crippen LogP contribution in [0.15, 0.2) is 36.5 Å². The van der Waals surface area contributed by atoms with E-state index in [1.165, 1.54) is 5.56 Å². The van der Waals surface area contributed by atoms with Crippen molar-refractivity contribution < 1.29 is 4.79 Å². The summed E-state index contributed by atoms with van der Waals surface area (Å²) in [5, 5.41) is 3.34. The van der Waals surface area contributed by atoms with Gasteiger partial charge in [0.1, 0.15) is 5.69 Å². The normalized spacial score (nSPS) is 10.8. The fourth-order valence-electron chi connectivity index (χ4n) is 2.40. The van der Waals surface area contributed by atoms with Crippen LogP contribution >= 0.6 is 0 Å². The van der Waals surface area contributed by atoms with E-state index in [0.717, 1.165) is 23.2 Å². The smallest absolute Gasteiger partial charge is 0.183 e. The Balaban J connectivity index is 2.47. The standard InChI is InChI=1S/C19H24N2O/c1-5-14-8-7-9-15(10-14)16-11-17(21-13(3)4)19(20-12-16)18(22)6-2/h7-13,21H,5-6H2,1-4H3. The first kappa shape index (κ1) is 16.2. The van der Waals surface area contributed by atoms with Crippen molar-refractivity contribution in [2.75, 3.05) is 5.32 Å². The first-order valence-corrected chi connectivity index (χ1v) is 7.94. The molecule has 0 spiro atoms. The van der Waals surface area contributed by atoms with Gasteiger partial charge in [-0.2, -0.15) is 0 Å². The Labute approximate surface area is 132 Å². The van der Waals surface area contributed by atoms with Crippen LogP contribution in [0.3, 0.4) is 0 Å². The van der Waals surface area contributed by atoms with Crippen LogP contribution in [0.5, 0.6) is 0 Å². The Bertz CT molecular complexity index is 662. The summed E-state index contributed by atoms with van der Waals surface area (Å²) in [6, 6.07) is 10.7.